The van der Waals surface area contributed by atoms with Crippen molar-refractivity contribution in [2.24, 2.45) is 0 Å². The fourth-order valence-corrected chi connectivity index (χ4v) is 4.09. The van der Waals surface area contributed by atoms with Crippen molar-refractivity contribution in [3.8, 4) is 0 Å². The number of rotatable bonds is 2. The number of amides is 2. The van der Waals surface area contributed by atoms with Crippen LogP contribution in [0.1, 0.15) is 26.4 Å². The molecule has 3 heterocycles. The molecule has 0 saturated carbocycles. The molecule has 28 heavy (non-hydrogen) atoms. The Morgan fingerprint density at radius 3 is 2.46 bits per heavy atom. The van der Waals surface area contributed by atoms with Gasteiger partial charge in [0, 0.05) is 49.0 Å². The quantitative estimate of drug-likeness (QED) is 0.658. The van der Waals surface area contributed by atoms with Crippen LogP contribution in [0.5, 0.6) is 0 Å². The lowest BCUT2D eigenvalue weighted by Crippen LogP contribution is -2.51. The molecule has 0 bridgehead atoms. The summed E-state index contributed by atoms with van der Waals surface area (Å²) >= 11 is 1.34. The standard InChI is InChI=1S/C19H17FN4O3S/c1-12-11-28-19-21-10-15(18(27)24(12)19)17(26)23-7-5-22(6-8-23)16(25)13-3-2-4-14(20)9-13/h2-4,9-11H,5-8H2,1H3. The van der Waals surface area contributed by atoms with E-state index in [1.807, 2.05) is 5.38 Å². The van der Waals surface area contributed by atoms with E-state index in [9.17, 15) is 18.8 Å². The van der Waals surface area contributed by atoms with Gasteiger partial charge in [-0.25, -0.2) is 9.37 Å². The number of hydrogen-bond donors (Lipinski definition) is 0. The molecule has 0 aliphatic carbocycles. The van der Waals surface area contributed by atoms with Crippen molar-refractivity contribution in [2.45, 2.75) is 6.92 Å². The van der Waals surface area contributed by atoms with Gasteiger partial charge in [0.15, 0.2) is 4.96 Å². The predicted octanol–water partition coefficient (Wildman–Crippen LogP) is 1.80. The highest BCUT2D eigenvalue weighted by molar-refractivity contribution is 7.15. The first-order valence-corrected chi connectivity index (χ1v) is 9.63. The Balaban J connectivity index is 1.49. The van der Waals surface area contributed by atoms with E-state index >= 15 is 0 Å². The Labute approximate surface area is 163 Å². The summed E-state index contributed by atoms with van der Waals surface area (Å²) in [5, 5.41) is 1.81. The topological polar surface area (TPSA) is 75.0 Å². The number of halogens is 1. The lowest BCUT2D eigenvalue weighted by molar-refractivity contribution is 0.0534. The van der Waals surface area contributed by atoms with Crippen LogP contribution >= 0.6 is 11.3 Å². The third kappa shape index (κ3) is 3.18. The van der Waals surface area contributed by atoms with Crippen LogP contribution in [-0.2, 0) is 0 Å². The minimum Gasteiger partial charge on any atom is -0.335 e. The fourth-order valence-electron chi connectivity index (χ4n) is 3.26. The second-order valence-electron chi connectivity index (χ2n) is 6.57. The molecule has 0 N–H and O–H groups in total. The molecule has 2 amide bonds. The van der Waals surface area contributed by atoms with Crippen LogP contribution in [0, 0.1) is 12.7 Å². The number of fused-ring (bicyclic) bond motifs is 1. The van der Waals surface area contributed by atoms with Gasteiger partial charge in [-0.2, -0.15) is 0 Å². The highest BCUT2D eigenvalue weighted by Crippen LogP contribution is 2.14. The van der Waals surface area contributed by atoms with Crippen molar-refractivity contribution in [1.29, 1.82) is 0 Å². The van der Waals surface area contributed by atoms with E-state index in [0.29, 0.717) is 31.1 Å². The largest absolute Gasteiger partial charge is 0.335 e. The van der Waals surface area contributed by atoms with E-state index in [1.54, 1.807) is 22.8 Å². The summed E-state index contributed by atoms with van der Waals surface area (Å²) < 4.78 is 14.8. The molecular formula is C19H17FN4O3S. The minimum absolute atomic E-state index is 0.0175. The van der Waals surface area contributed by atoms with E-state index < -0.39 is 11.7 Å². The summed E-state index contributed by atoms with van der Waals surface area (Å²) in [5.41, 5.74) is 0.647. The number of aryl methyl sites for hydroxylation is 1. The van der Waals surface area contributed by atoms with Gasteiger partial charge in [0.1, 0.15) is 11.4 Å². The monoisotopic (exact) mass is 400 g/mol. The molecule has 1 saturated heterocycles. The molecule has 3 aromatic rings. The van der Waals surface area contributed by atoms with Gasteiger partial charge in [-0.3, -0.25) is 18.8 Å². The maximum absolute atomic E-state index is 13.3. The van der Waals surface area contributed by atoms with Crippen molar-refractivity contribution >= 4 is 28.1 Å². The Kier molecular flexibility index (Phi) is 4.68. The number of nitrogens with zero attached hydrogens (tertiary/aromatic N) is 4. The lowest BCUT2D eigenvalue weighted by Gasteiger charge is -2.34. The maximum Gasteiger partial charge on any atom is 0.271 e. The zero-order valence-electron chi connectivity index (χ0n) is 15.1. The van der Waals surface area contributed by atoms with Crippen molar-refractivity contribution in [1.82, 2.24) is 19.2 Å². The van der Waals surface area contributed by atoms with Crippen LogP contribution in [0.15, 0.2) is 40.6 Å². The average Bonchev–Trinajstić information content (AvgIpc) is 3.09. The molecular weight excluding hydrogens is 383 g/mol. The molecule has 1 fully saturated rings. The predicted molar refractivity (Wildman–Crippen MR) is 102 cm³/mol. The third-order valence-corrected chi connectivity index (χ3v) is 5.73. The van der Waals surface area contributed by atoms with E-state index in [4.69, 9.17) is 0 Å². The van der Waals surface area contributed by atoms with Gasteiger partial charge >= 0.3 is 0 Å². The summed E-state index contributed by atoms with van der Waals surface area (Å²) in [4.78, 5) is 45.9. The van der Waals surface area contributed by atoms with E-state index in [-0.39, 0.29) is 22.6 Å². The van der Waals surface area contributed by atoms with Crippen LogP contribution < -0.4 is 5.56 Å². The fraction of sp³-hybridized carbons (Fsp3) is 0.263. The Morgan fingerprint density at radius 2 is 1.79 bits per heavy atom. The second-order valence-corrected chi connectivity index (χ2v) is 7.40. The second kappa shape index (κ2) is 7.16. The summed E-state index contributed by atoms with van der Waals surface area (Å²) in [6.07, 6.45) is 1.32. The minimum atomic E-state index is -0.466. The van der Waals surface area contributed by atoms with Gasteiger partial charge < -0.3 is 9.80 Å². The SMILES string of the molecule is Cc1csc2ncc(C(=O)N3CCN(C(=O)c4cccc(F)c4)CC3)c(=O)n12. The molecule has 0 radical (unpaired) electrons. The molecule has 1 aromatic carbocycles. The zero-order chi connectivity index (χ0) is 19.8. The summed E-state index contributed by atoms with van der Waals surface area (Å²) in [5.74, 6) is -1.13. The van der Waals surface area contributed by atoms with Gasteiger partial charge in [0.2, 0.25) is 0 Å². The summed E-state index contributed by atoms with van der Waals surface area (Å²) in [6.45, 7) is 3.01. The number of carbonyl (C=O) groups excluding carboxylic acids is 2. The number of carbonyl (C=O) groups is 2. The molecule has 7 nitrogen and oxygen atoms in total. The highest BCUT2D eigenvalue weighted by Gasteiger charge is 2.27. The van der Waals surface area contributed by atoms with Crippen LogP contribution in [0.4, 0.5) is 4.39 Å². The van der Waals surface area contributed by atoms with Crippen LogP contribution in [0.3, 0.4) is 0 Å². The van der Waals surface area contributed by atoms with Crippen molar-refractivity contribution < 1.29 is 14.0 Å². The maximum atomic E-state index is 13.3. The van der Waals surface area contributed by atoms with Gasteiger partial charge in [0.05, 0.1) is 0 Å². The van der Waals surface area contributed by atoms with Gasteiger partial charge in [0.25, 0.3) is 17.4 Å². The van der Waals surface area contributed by atoms with Gasteiger partial charge in [-0.1, -0.05) is 6.07 Å². The molecule has 0 atom stereocenters. The Hall–Kier alpha value is -3.07. The number of thiazole rings is 1. The Bertz CT molecular complexity index is 1130. The van der Waals surface area contributed by atoms with E-state index in [1.165, 1.54) is 40.1 Å². The van der Waals surface area contributed by atoms with Crippen molar-refractivity contribution in [3.05, 3.63) is 68.8 Å². The first-order chi connectivity index (χ1) is 13.5. The van der Waals surface area contributed by atoms with Gasteiger partial charge in [-0.15, -0.1) is 11.3 Å². The average molecular weight is 400 g/mol. The van der Waals surface area contributed by atoms with E-state index in [2.05, 4.69) is 4.98 Å². The molecule has 2 aromatic heterocycles. The number of piperazine rings is 1. The first-order valence-electron chi connectivity index (χ1n) is 8.75. The molecule has 144 valence electrons. The smallest absolute Gasteiger partial charge is 0.271 e. The molecule has 1 aliphatic rings. The summed E-state index contributed by atoms with van der Waals surface area (Å²) in [7, 11) is 0. The lowest BCUT2D eigenvalue weighted by atomic mass is 10.1. The number of aromatic nitrogens is 2. The van der Waals surface area contributed by atoms with Crippen LogP contribution in [-0.4, -0.2) is 57.2 Å². The zero-order valence-corrected chi connectivity index (χ0v) is 15.9. The normalized spacial score (nSPS) is 14.5. The molecule has 4 rings (SSSR count). The molecule has 1 aliphatic heterocycles. The number of hydrogen-bond acceptors (Lipinski definition) is 5. The molecule has 0 spiro atoms. The van der Waals surface area contributed by atoms with Crippen LogP contribution in [0.2, 0.25) is 0 Å². The Morgan fingerprint density at radius 1 is 1.11 bits per heavy atom. The highest BCUT2D eigenvalue weighted by atomic mass is 32.1. The van der Waals surface area contributed by atoms with Crippen molar-refractivity contribution in [3.63, 3.8) is 0 Å². The first kappa shape index (κ1) is 18.3. The molecule has 0 unspecified atom stereocenters. The van der Waals surface area contributed by atoms with Crippen LogP contribution in [0.25, 0.3) is 4.96 Å². The van der Waals surface area contributed by atoms with Crippen molar-refractivity contribution in [2.75, 3.05) is 26.2 Å². The molecule has 9 heteroatoms. The third-order valence-electron chi connectivity index (χ3n) is 4.77. The van der Waals surface area contributed by atoms with Gasteiger partial charge in [-0.05, 0) is 25.1 Å². The number of benzene rings is 1. The van der Waals surface area contributed by atoms with E-state index in [0.717, 1.165) is 5.69 Å². The summed E-state index contributed by atoms with van der Waals surface area (Å²) in [6, 6.07) is 5.54.